The molecule has 0 spiro atoms. The molecule has 1 aliphatic heterocycles. The van der Waals surface area contributed by atoms with Crippen molar-refractivity contribution in [2.75, 3.05) is 13.7 Å². The highest BCUT2D eigenvalue weighted by Gasteiger charge is 2.43. The third-order valence-electron chi connectivity index (χ3n) is 4.85. The molecule has 3 rings (SSSR count). The van der Waals surface area contributed by atoms with Crippen LogP contribution in [0.1, 0.15) is 24.4 Å². The van der Waals surface area contributed by atoms with E-state index in [1.807, 2.05) is 24.3 Å². The molecule has 5 nitrogen and oxygen atoms in total. The lowest BCUT2D eigenvalue weighted by Crippen LogP contribution is -2.39. The Morgan fingerprint density at radius 3 is 2.88 bits per heavy atom. The molecule has 128 valence electrons. The zero-order chi connectivity index (χ0) is 17.3. The van der Waals surface area contributed by atoms with Gasteiger partial charge in [-0.05, 0) is 24.1 Å². The molecule has 0 unspecified atom stereocenters. The molecule has 24 heavy (non-hydrogen) atoms. The minimum Gasteiger partial charge on any atom is -0.396 e. The molecule has 1 aliphatic carbocycles. The molecule has 1 fully saturated rings. The number of hydrogen-bond acceptors (Lipinski definition) is 3. The van der Waals surface area contributed by atoms with Crippen molar-refractivity contribution in [2.24, 2.45) is 11.8 Å². The number of carbonyl (C=O) groups is 2. The summed E-state index contributed by atoms with van der Waals surface area (Å²) in [5.41, 5.74) is 0.867. The number of nitrogens with zero attached hydrogens (tertiary/aromatic N) is 1. The SMILES string of the molecule is CN1C(=O)C[C@@H](C(=O)N[C@@H]2C=C[C@H](CO)C2)[C@H]1c1cccc(Cl)c1. The van der Waals surface area contributed by atoms with Crippen molar-refractivity contribution in [3.63, 3.8) is 0 Å². The van der Waals surface area contributed by atoms with Crippen LogP contribution in [0, 0.1) is 11.8 Å². The van der Waals surface area contributed by atoms with Gasteiger partial charge in [-0.3, -0.25) is 9.59 Å². The minimum atomic E-state index is -0.442. The van der Waals surface area contributed by atoms with E-state index in [2.05, 4.69) is 5.32 Å². The Balaban J connectivity index is 1.76. The Hall–Kier alpha value is -1.85. The number of benzene rings is 1. The topological polar surface area (TPSA) is 69.6 Å². The van der Waals surface area contributed by atoms with E-state index in [-0.39, 0.29) is 42.8 Å². The van der Waals surface area contributed by atoms with E-state index in [0.29, 0.717) is 11.4 Å². The number of aliphatic hydroxyl groups excluding tert-OH is 1. The van der Waals surface area contributed by atoms with Crippen LogP contribution in [0.3, 0.4) is 0 Å². The average molecular weight is 349 g/mol. The van der Waals surface area contributed by atoms with Gasteiger partial charge in [-0.1, -0.05) is 35.9 Å². The summed E-state index contributed by atoms with van der Waals surface area (Å²) in [4.78, 5) is 26.5. The highest BCUT2D eigenvalue weighted by molar-refractivity contribution is 6.30. The van der Waals surface area contributed by atoms with Crippen LogP contribution in [0.2, 0.25) is 5.02 Å². The van der Waals surface area contributed by atoms with E-state index in [9.17, 15) is 14.7 Å². The van der Waals surface area contributed by atoms with Crippen LogP contribution in [-0.2, 0) is 9.59 Å². The Morgan fingerprint density at radius 2 is 2.21 bits per heavy atom. The summed E-state index contributed by atoms with van der Waals surface area (Å²) in [5.74, 6) is -0.532. The van der Waals surface area contributed by atoms with Gasteiger partial charge in [-0.15, -0.1) is 0 Å². The van der Waals surface area contributed by atoms with Crippen molar-refractivity contribution in [2.45, 2.75) is 24.9 Å². The summed E-state index contributed by atoms with van der Waals surface area (Å²) in [7, 11) is 1.72. The molecule has 2 amide bonds. The first kappa shape index (κ1) is 17.0. The summed E-state index contributed by atoms with van der Waals surface area (Å²) >= 11 is 6.07. The molecule has 1 heterocycles. The van der Waals surface area contributed by atoms with Gasteiger partial charge in [0.2, 0.25) is 11.8 Å². The highest BCUT2D eigenvalue weighted by atomic mass is 35.5. The first-order chi connectivity index (χ1) is 11.5. The standard InChI is InChI=1S/C18H21ClN2O3/c1-21-16(23)9-15(17(21)12-3-2-4-13(19)8-12)18(24)20-14-6-5-11(7-14)10-22/h2-6,8,11,14-15,17,22H,7,9-10H2,1H3,(H,20,24)/t11-,14+,15+,17+/m0/s1. The molecule has 4 atom stereocenters. The second-order valence-corrected chi connectivity index (χ2v) is 6.93. The number of halogens is 1. The lowest BCUT2D eigenvalue weighted by molar-refractivity contribution is -0.128. The van der Waals surface area contributed by atoms with Crippen LogP contribution in [0.25, 0.3) is 0 Å². The average Bonchev–Trinajstić information content (AvgIpc) is 3.12. The Morgan fingerprint density at radius 1 is 1.42 bits per heavy atom. The number of nitrogens with one attached hydrogen (secondary N) is 1. The van der Waals surface area contributed by atoms with Crippen LogP contribution in [-0.4, -0.2) is 41.5 Å². The maximum absolute atomic E-state index is 12.7. The Labute approximate surface area is 146 Å². The summed E-state index contributed by atoms with van der Waals surface area (Å²) in [6, 6.07) is 6.90. The number of likely N-dealkylation sites (tertiary alicyclic amines) is 1. The minimum absolute atomic E-state index is 0.0460. The zero-order valence-electron chi connectivity index (χ0n) is 13.5. The monoisotopic (exact) mass is 348 g/mol. The van der Waals surface area contributed by atoms with Gasteiger partial charge in [0.15, 0.2) is 0 Å². The predicted molar refractivity (Wildman–Crippen MR) is 91.3 cm³/mol. The van der Waals surface area contributed by atoms with Crippen LogP contribution in [0.4, 0.5) is 0 Å². The van der Waals surface area contributed by atoms with E-state index in [1.54, 1.807) is 24.1 Å². The van der Waals surface area contributed by atoms with Gasteiger partial charge in [-0.25, -0.2) is 0 Å². The van der Waals surface area contributed by atoms with Crippen molar-refractivity contribution in [1.29, 1.82) is 0 Å². The first-order valence-corrected chi connectivity index (χ1v) is 8.48. The summed E-state index contributed by atoms with van der Waals surface area (Å²) in [6.07, 6.45) is 4.72. The molecule has 0 aromatic heterocycles. The smallest absolute Gasteiger partial charge is 0.226 e. The molecule has 0 bridgehead atoms. The molecule has 0 saturated carbocycles. The number of carbonyl (C=O) groups excluding carboxylic acids is 2. The second-order valence-electron chi connectivity index (χ2n) is 6.49. The van der Waals surface area contributed by atoms with Crippen LogP contribution >= 0.6 is 11.6 Å². The zero-order valence-corrected chi connectivity index (χ0v) is 14.2. The molecule has 1 saturated heterocycles. The quantitative estimate of drug-likeness (QED) is 0.817. The summed E-state index contributed by atoms with van der Waals surface area (Å²) in [6.45, 7) is 0.0820. The molecular weight excluding hydrogens is 328 g/mol. The van der Waals surface area contributed by atoms with Gasteiger partial charge in [0.25, 0.3) is 0 Å². The van der Waals surface area contributed by atoms with Crippen LogP contribution in [0.15, 0.2) is 36.4 Å². The summed E-state index contributed by atoms with van der Waals surface area (Å²) < 4.78 is 0. The van der Waals surface area contributed by atoms with E-state index >= 15 is 0 Å². The maximum Gasteiger partial charge on any atom is 0.226 e. The third kappa shape index (κ3) is 3.32. The van der Waals surface area contributed by atoms with Gasteiger partial charge in [0.1, 0.15) is 0 Å². The number of rotatable bonds is 4. The van der Waals surface area contributed by atoms with Crippen molar-refractivity contribution < 1.29 is 14.7 Å². The molecule has 1 aromatic rings. The lowest BCUT2D eigenvalue weighted by Gasteiger charge is -2.26. The predicted octanol–water partition coefficient (Wildman–Crippen LogP) is 1.91. The molecular formula is C18H21ClN2O3. The largest absolute Gasteiger partial charge is 0.396 e. The number of aliphatic hydroxyl groups is 1. The van der Waals surface area contributed by atoms with E-state index < -0.39 is 5.92 Å². The van der Waals surface area contributed by atoms with Gasteiger partial charge < -0.3 is 15.3 Å². The van der Waals surface area contributed by atoms with Gasteiger partial charge in [0, 0.05) is 37.1 Å². The van der Waals surface area contributed by atoms with Crippen LogP contribution < -0.4 is 5.32 Å². The lowest BCUT2D eigenvalue weighted by atomic mass is 9.92. The number of amides is 2. The van der Waals surface area contributed by atoms with Crippen LogP contribution in [0.5, 0.6) is 0 Å². The van der Waals surface area contributed by atoms with E-state index in [1.165, 1.54) is 0 Å². The number of hydrogen-bond donors (Lipinski definition) is 2. The molecule has 6 heteroatoms. The van der Waals surface area contributed by atoms with E-state index in [4.69, 9.17) is 11.6 Å². The fourth-order valence-electron chi connectivity index (χ4n) is 3.56. The van der Waals surface area contributed by atoms with Crippen molar-refractivity contribution in [3.8, 4) is 0 Å². The highest BCUT2D eigenvalue weighted by Crippen LogP contribution is 2.38. The summed E-state index contributed by atoms with van der Waals surface area (Å²) in [5, 5.41) is 12.8. The molecule has 2 aliphatic rings. The van der Waals surface area contributed by atoms with Gasteiger partial charge >= 0.3 is 0 Å². The second kappa shape index (κ2) is 6.95. The van der Waals surface area contributed by atoms with E-state index in [0.717, 1.165) is 5.56 Å². The van der Waals surface area contributed by atoms with Gasteiger partial charge in [0.05, 0.1) is 12.0 Å². The molecule has 1 aromatic carbocycles. The van der Waals surface area contributed by atoms with Crippen molar-refractivity contribution in [3.05, 3.63) is 47.0 Å². The molecule has 2 N–H and O–H groups in total. The Kier molecular flexibility index (Phi) is 4.92. The van der Waals surface area contributed by atoms with Crippen molar-refractivity contribution in [1.82, 2.24) is 10.2 Å². The maximum atomic E-state index is 12.7. The third-order valence-corrected chi connectivity index (χ3v) is 5.08. The van der Waals surface area contributed by atoms with Gasteiger partial charge in [-0.2, -0.15) is 0 Å². The first-order valence-electron chi connectivity index (χ1n) is 8.10. The normalized spacial score (nSPS) is 29.3. The molecule has 0 radical (unpaired) electrons. The fourth-order valence-corrected chi connectivity index (χ4v) is 3.76. The van der Waals surface area contributed by atoms with Crippen molar-refractivity contribution >= 4 is 23.4 Å². The fraction of sp³-hybridized carbons (Fsp3) is 0.444. The Bertz CT molecular complexity index is 676.